The number of fused-ring (bicyclic) bond motifs is 1. The Bertz CT molecular complexity index is 632. The minimum Gasteiger partial charge on any atom is -0.379 e. The van der Waals surface area contributed by atoms with Crippen LogP contribution in [0.3, 0.4) is 0 Å². The molecule has 1 N–H and O–H groups in total. The molecule has 3 nitrogen and oxygen atoms in total. The Kier molecular flexibility index (Phi) is 3.75. The van der Waals surface area contributed by atoms with Gasteiger partial charge in [-0.2, -0.15) is 11.8 Å². The SMILES string of the molecule is CN(Cc1csc2ccccc12)C(=O)C1(O)CCSC1. The Labute approximate surface area is 126 Å². The second kappa shape index (κ2) is 5.39. The maximum absolute atomic E-state index is 12.4. The number of aliphatic hydroxyl groups is 1. The van der Waals surface area contributed by atoms with E-state index in [0.29, 0.717) is 18.7 Å². The quantitative estimate of drug-likeness (QED) is 0.948. The Morgan fingerprint density at radius 3 is 3.00 bits per heavy atom. The standard InChI is InChI=1S/C15H17NO2S2/c1-16(14(17)15(18)6-7-19-10-15)8-11-9-20-13-5-3-2-4-12(11)13/h2-5,9,18H,6-8,10H2,1H3. The van der Waals surface area contributed by atoms with Crippen molar-refractivity contribution in [2.24, 2.45) is 0 Å². The van der Waals surface area contributed by atoms with Crippen LogP contribution in [0.25, 0.3) is 10.1 Å². The Morgan fingerprint density at radius 2 is 2.25 bits per heavy atom. The van der Waals surface area contributed by atoms with Gasteiger partial charge in [0.15, 0.2) is 5.60 Å². The van der Waals surface area contributed by atoms with Gasteiger partial charge in [0.25, 0.3) is 5.91 Å². The average Bonchev–Trinajstić information content (AvgIpc) is 3.06. The molecule has 5 heteroatoms. The van der Waals surface area contributed by atoms with Crippen molar-refractivity contribution in [2.45, 2.75) is 18.6 Å². The highest BCUT2D eigenvalue weighted by atomic mass is 32.2. The summed E-state index contributed by atoms with van der Waals surface area (Å²) in [6.45, 7) is 0.551. The molecule has 0 spiro atoms. The lowest BCUT2D eigenvalue weighted by Crippen LogP contribution is -2.47. The van der Waals surface area contributed by atoms with E-state index in [1.165, 1.54) is 10.1 Å². The molecule has 1 aliphatic heterocycles. The summed E-state index contributed by atoms with van der Waals surface area (Å²) in [4.78, 5) is 14.0. The van der Waals surface area contributed by atoms with E-state index < -0.39 is 5.60 Å². The van der Waals surface area contributed by atoms with E-state index >= 15 is 0 Å². The first-order valence-corrected chi connectivity index (χ1v) is 8.64. The number of benzene rings is 1. The number of hydrogen-bond acceptors (Lipinski definition) is 4. The molecule has 20 heavy (non-hydrogen) atoms. The van der Waals surface area contributed by atoms with Crippen LogP contribution in [0.4, 0.5) is 0 Å². The molecule has 1 fully saturated rings. The van der Waals surface area contributed by atoms with Crippen LogP contribution >= 0.6 is 23.1 Å². The fourth-order valence-electron chi connectivity index (χ4n) is 2.56. The molecule has 2 aromatic rings. The summed E-state index contributed by atoms with van der Waals surface area (Å²) in [6.07, 6.45) is 0.561. The molecule has 1 aromatic heterocycles. The van der Waals surface area contributed by atoms with Gasteiger partial charge in [0.2, 0.25) is 0 Å². The van der Waals surface area contributed by atoms with Gasteiger partial charge in [0.1, 0.15) is 0 Å². The van der Waals surface area contributed by atoms with Crippen molar-refractivity contribution in [3.63, 3.8) is 0 Å². The molecule has 0 radical (unpaired) electrons. The minimum atomic E-state index is -1.16. The van der Waals surface area contributed by atoms with Crippen molar-refractivity contribution in [3.05, 3.63) is 35.2 Å². The summed E-state index contributed by atoms with van der Waals surface area (Å²) in [5.74, 6) is 1.22. The number of thioether (sulfide) groups is 1. The molecule has 1 unspecified atom stereocenters. The Hall–Kier alpha value is -1.04. The summed E-state index contributed by atoms with van der Waals surface area (Å²) in [5.41, 5.74) is -0.0127. The Morgan fingerprint density at radius 1 is 1.45 bits per heavy atom. The van der Waals surface area contributed by atoms with Crippen LogP contribution in [0.5, 0.6) is 0 Å². The normalized spacial score (nSPS) is 22.3. The first-order valence-electron chi connectivity index (χ1n) is 6.61. The molecule has 1 saturated heterocycles. The van der Waals surface area contributed by atoms with Gasteiger partial charge in [0, 0.05) is 24.0 Å². The van der Waals surface area contributed by atoms with E-state index in [2.05, 4.69) is 17.5 Å². The first-order chi connectivity index (χ1) is 9.60. The molecule has 1 amide bonds. The molecule has 3 rings (SSSR count). The maximum atomic E-state index is 12.4. The predicted octanol–water partition coefficient (Wildman–Crippen LogP) is 2.73. The number of amides is 1. The summed E-state index contributed by atoms with van der Waals surface area (Å²) in [7, 11) is 1.77. The monoisotopic (exact) mass is 307 g/mol. The lowest BCUT2D eigenvalue weighted by Gasteiger charge is -2.27. The summed E-state index contributed by atoms with van der Waals surface area (Å²) >= 11 is 3.34. The fraction of sp³-hybridized carbons (Fsp3) is 0.400. The van der Waals surface area contributed by atoms with Gasteiger partial charge >= 0.3 is 0 Å². The summed E-state index contributed by atoms with van der Waals surface area (Å²) in [6, 6.07) is 8.21. The van der Waals surface area contributed by atoms with E-state index in [1.54, 1.807) is 35.0 Å². The van der Waals surface area contributed by atoms with Crippen molar-refractivity contribution >= 4 is 39.1 Å². The van der Waals surface area contributed by atoms with Crippen molar-refractivity contribution in [1.82, 2.24) is 4.90 Å². The number of carbonyl (C=O) groups is 1. The third-order valence-electron chi connectivity index (χ3n) is 3.71. The van der Waals surface area contributed by atoms with Crippen LogP contribution in [-0.4, -0.2) is 40.1 Å². The van der Waals surface area contributed by atoms with Crippen molar-refractivity contribution in [1.29, 1.82) is 0 Å². The van der Waals surface area contributed by atoms with Crippen LogP contribution in [0, 0.1) is 0 Å². The van der Waals surface area contributed by atoms with Gasteiger partial charge in [-0.1, -0.05) is 18.2 Å². The minimum absolute atomic E-state index is 0.155. The topological polar surface area (TPSA) is 40.5 Å². The Balaban J connectivity index is 1.78. The van der Waals surface area contributed by atoms with E-state index in [1.807, 2.05) is 12.1 Å². The highest BCUT2D eigenvalue weighted by Gasteiger charge is 2.41. The van der Waals surface area contributed by atoms with Gasteiger partial charge in [-0.3, -0.25) is 4.79 Å². The predicted molar refractivity (Wildman–Crippen MR) is 85.2 cm³/mol. The first kappa shape index (κ1) is 13.9. The highest BCUT2D eigenvalue weighted by Crippen LogP contribution is 2.31. The van der Waals surface area contributed by atoms with E-state index in [-0.39, 0.29) is 5.91 Å². The summed E-state index contributed by atoms with van der Waals surface area (Å²) < 4.78 is 1.23. The van der Waals surface area contributed by atoms with Gasteiger partial charge in [-0.15, -0.1) is 11.3 Å². The molecule has 1 atom stereocenters. The average molecular weight is 307 g/mol. The van der Waals surface area contributed by atoms with E-state index in [9.17, 15) is 9.90 Å². The lowest BCUT2D eigenvalue weighted by molar-refractivity contribution is -0.147. The molecule has 0 saturated carbocycles. The number of rotatable bonds is 3. The van der Waals surface area contributed by atoms with E-state index in [4.69, 9.17) is 0 Å². The maximum Gasteiger partial charge on any atom is 0.255 e. The second-order valence-electron chi connectivity index (χ2n) is 5.25. The highest BCUT2D eigenvalue weighted by molar-refractivity contribution is 7.99. The van der Waals surface area contributed by atoms with Crippen LogP contribution < -0.4 is 0 Å². The van der Waals surface area contributed by atoms with Gasteiger partial charge in [-0.25, -0.2) is 0 Å². The fourth-order valence-corrected chi connectivity index (χ4v) is 4.75. The molecular weight excluding hydrogens is 290 g/mol. The lowest BCUT2D eigenvalue weighted by atomic mass is 10.0. The smallest absolute Gasteiger partial charge is 0.255 e. The van der Waals surface area contributed by atoms with Crippen LogP contribution in [-0.2, 0) is 11.3 Å². The number of carbonyl (C=O) groups excluding carboxylic acids is 1. The number of nitrogens with zero attached hydrogens (tertiary/aromatic N) is 1. The largest absolute Gasteiger partial charge is 0.379 e. The number of hydrogen-bond donors (Lipinski definition) is 1. The van der Waals surface area contributed by atoms with Crippen LogP contribution in [0.1, 0.15) is 12.0 Å². The third-order valence-corrected chi connectivity index (χ3v) is 5.90. The molecule has 1 aromatic carbocycles. The molecule has 106 valence electrons. The number of thiophene rings is 1. The van der Waals surface area contributed by atoms with Crippen molar-refractivity contribution < 1.29 is 9.90 Å². The van der Waals surface area contributed by atoms with Crippen molar-refractivity contribution in [3.8, 4) is 0 Å². The number of likely N-dealkylation sites (N-methyl/N-ethyl adjacent to an activating group) is 1. The van der Waals surface area contributed by atoms with Crippen LogP contribution in [0.15, 0.2) is 29.6 Å². The third kappa shape index (κ3) is 2.45. The van der Waals surface area contributed by atoms with Gasteiger partial charge in [-0.05, 0) is 34.6 Å². The molecule has 1 aliphatic rings. The van der Waals surface area contributed by atoms with Gasteiger partial charge in [0.05, 0.1) is 0 Å². The molecular formula is C15H17NO2S2. The zero-order valence-electron chi connectivity index (χ0n) is 11.3. The molecule has 0 bridgehead atoms. The zero-order valence-corrected chi connectivity index (χ0v) is 13.0. The second-order valence-corrected chi connectivity index (χ2v) is 7.27. The molecule has 2 heterocycles. The van der Waals surface area contributed by atoms with Crippen LogP contribution in [0.2, 0.25) is 0 Å². The zero-order chi connectivity index (χ0) is 14.2. The van der Waals surface area contributed by atoms with Crippen molar-refractivity contribution in [2.75, 3.05) is 18.6 Å². The molecule has 0 aliphatic carbocycles. The summed E-state index contributed by atoms with van der Waals surface area (Å²) in [5, 5.41) is 13.7. The van der Waals surface area contributed by atoms with E-state index in [0.717, 1.165) is 11.3 Å². The van der Waals surface area contributed by atoms with Gasteiger partial charge < -0.3 is 10.0 Å².